The van der Waals surface area contributed by atoms with E-state index in [0.29, 0.717) is 18.5 Å². The summed E-state index contributed by atoms with van der Waals surface area (Å²) in [6.45, 7) is 14.0. The van der Waals surface area contributed by atoms with Gasteiger partial charge in [0.1, 0.15) is 17.7 Å². The molecule has 0 spiro atoms. The number of nitrogens with one attached hydrogen (secondary N) is 2. The lowest BCUT2D eigenvalue weighted by molar-refractivity contribution is -0.143. The molecular formula is C31H52N4O5. The SMILES string of the molecule is CCCCCCCN(C(=O)C(CC(N)=O)NC(=O)OC(C)(C)C)C(C(=O)NCCCCC)c1cc(C)cc(C)c1. The Morgan fingerprint density at radius 1 is 0.900 bits per heavy atom. The summed E-state index contributed by atoms with van der Waals surface area (Å²) in [6.07, 6.45) is 6.31. The minimum atomic E-state index is -1.27. The van der Waals surface area contributed by atoms with E-state index in [0.717, 1.165) is 56.1 Å². The number of nitrogens with zero attached hydrogens (tertiary/aromatic N) is 1. The van der Waals surface area contributed by atoms with Crippen molar-refractivity contribution in [3.05, 3.63) is 34.9 Å². The highest BCUT2D eigenvalue weighted by Crippen LogP contribution is 2.26. The molecule has 0 aliphatic heterocycles. The molecule has 0 radical (unpaired) electrons. The Bertz CT molecular complexity index is 953. The number of hydrogen-bond acceptors (Lipinski definition) is 5. The van der Waals surface area contributed by atoms with E-state index in [-0.39, 0.29) is 12.5 Å². The van der Waals surface area contributed by atoms with Crippen molar-refractivity contribution in [2.45, 2.75) is 124 Å². The zero-order chi connectivity index (χ0) is 30.3. The largest absolute Gasteiger partial charge is 0.444 e. The van der Waals surface area contributed by atoms with Crippen molar-refractivity contribution in [2.75, 3.05) is 13.1 Å². The molecule has 9 heteroatoms. The third kappa shape index (κ3) is 13.3. The topological polar surface area (TPSA) is 131 Å². The minimum Gasteiger partial charge on any atom is -0.444 e. The lowest BCUT2D eigenvalue weighted by Crippen LogP contribution is -2.54. The van der Waals surface area contributed by atoms with Gasteiger partial charge in [-0.25, -0.2) is 4.79 Å². The molecule has 9 nitrogen and oxygen atoms in total. The van der Waals surface area contributed by atoms with Crippen LogP contribution in [0, 0.1) is 13.8 Å². The van der Waals surface area contributed by atoms with Crippen molar-refractivity contribution in [2.24, 2.45) is 5.73 Å². The van der Waals surface area contributed by atoms with Gasteiger partial charge < -0.3 is 26.0 Å². The van der Waals surface area contributed by atoms with E-state index in [1.54, 1.807) is 20.8 Å². The number of hydrogen-bond donors (Lipinski definition) is 3. The van der Waals surface area contributed by atoms with Crippen LogP contribution < -0.4 is 16.4 Å². The van der Waals surface area contributed by atoms with Gasteiger partial charge in [-0.3, -0.25) is 14.4 Å². The van der Waals surface area contributed by atoms with Gasteiger partial charge in [-0.2, -0.15) is 0 Å². The van der Waals surface area contributed by atoms with Gasteiger partial charge in [0.15, 0.2) is 0 Å². The first-order valence-electron chi connectivity index (χ1n) is 14.7. The predicted octanol–water partition coefficient (Wildman–Crippen LogP) is 5.22. The number of benzene rings is 1. The summed E-state index contributed by atoms with van der Waals surface area (Å²) in [5.41, 5.74) is 7.30. The smallest absolute Gasteiger partial charge is 0.408 e. The average Bonchev–Trinajstić information content (AvgIpc) is 2.82. The molecule has 0 aliphatic carbocycles. The van der Waals surface area contributed by atoms with Crippen molar-refractivity contribution in [3.8, 4) is 0 Å². The molecule has 1 aromatic rings. The summed E-state index contributed by atoms with van der Waals surface area (Å²) >= 11 is 0. The van der Waals surface area contributed by atoms with Gasteiger partial charge in [-0.1, -0.05) is 81.7 Å². The molecule has 4 N–H and O–H groups in total. The molecule has 1 rings (SSSR count). The number of unbranched alkanes of at least 4 members (excludes halogenated alkanes) is 6. The molecule has 0 fully saturated rings. The van der Waals surface area contributed by atoms with Gasteiger partial charge in [0.05, 0.1) is 6.42 Å². The summed E-state index contributed by atoms with van der Waals surface area (Å²) in [4.78, 5) is 54.0. The number of nitrogens with two attached hydrogens (primary N) is 1. The normalized spacial score (nSPS) is 12.8. The van der Waals surface area contributed by atoms with Gasteiger partial charge in [-0.05, 0) is 53.0 Å². The number of amides is 4. The fraction of sp³-hybridized carbons (Fsp3) is 0.677. The second kappa shape index (κ2) is 17.6. The molecule has 2 atom stereocenters. The lowest BCUT2D eigenvalue weighted by Gasteiger charge is -2.34. The molecule has 0 aromatic heterocycles. The van der Waals surface area contributed by atoms with Gasteiger partial charge in [0, 0.05) is 13.1 Å². The maximum absolute atomic E-state index is 14.1. The third-order valence-corrected chi connectivity index (χ3v) is 6.38. The molecule has 1 aromatic carbocycles. The van der Waals surface area contributed by atoms with Crippen LogP contribution in [0.25, 0.3) is 0 Å². The third-order valence-electron chi connectivity index (χ3n) is 6.38. The highest BCUT2D eigenvalue weighted by atomic mass is 16.6. The molecule has 0 saturated heterocycles. The molecule has 2 unspecified atom stereocenters. The Balaban J connectivity index is 3.50. The Morgan fingerprint density at radius 3 is 2.02 bits per heavy atom. The van der Waals surface area contributed by atoms with E-state index in [9.17, 15) is 19.2 Å². The predicted molar refractivity (Wildman–Crippen MR) is 159 cm³/mol. The van der Waals surface area contributed by atoms with Crippen LogP contribution in [-0.2, 0) is 19.1 Å². The Hall–Kier alpha value is -3.10. The van der Waals surface area contributed by atoms with E-state index < -0.39 is 42.0 Å². The van der Waals surface area contributed by atoms with E-state index in [4.69, 9.17) is 10.5 Å². The van der Waals surface area contributed by atoms with Crippen LogP contribution in [0.3, 0.4) is 0 Å². The summed E-state index contributed by atoms with van der Waals surface area (Å²) in [5.74, 6) is -1.59. The standard InChI is InChI=1S/C31H52N4O5/c1-8-10-12-13-15-17-35(29(38)25(21-26(32)36)34-30(39)40-31(5,6)7)27(28(37)33-16-14-11-9-2)24-19-22(3)18-23(4)20-24/h18-20,25,27H,8-17,21H2,1-7H3,(H2,32,36)(H,33,37)(H,34,39). The van der Waals surface area contributed by atoms with Crippen molar-refractivity contribution >= 4 is 23.8 Å². The Kier molecular flexibility index (Phi) is 15.3. The summed E-state index contributed by atoms with van der Waals surface area (Å²) in [6, 6.07) is 3.62. The highest BCUT2D eigenvalue weighted by Gasteiger charge is 2.36. The molecule has 0 bridgehead atoms. The van der Waals surface area contributed by atoms with Crippen molar-refractivity contribution in [1.29, 1.82) is 0 Å². The quantitative estimate of drug-likeness (QED) is 0.225. The van der Waals surface area contributed by atoms with E-state index in [1.807, 2.05) is 32.0 Å². The molecule has 4 amide bonds. The first-order chi connectivity index (χ1) is 18.8. The number of primary amides is 1. The van der Waals surface area contributed by atoms with Crippen molar-refractivity contribution in [3.63, 3.8) is 0 Å². The second-order valence-corrected chi connectivity index (χ2v) is 11.6. The maximum Gasteiger partial charge on any atom is 0.408 e. The first-order valence-corrected chi connectivity index (χ1v) is 14.7. The molecule has 0 saturated carbocycles. The molecule has 0 aliphatic rings. The molecule has 40 heavy (non-hydrogen) atoms. The summed E-state index contributed by atoms with van der Waals surface area (Å²) in [7, 11) is 0. The van der Waals surface area contributed by atoms with Crippen molar-refractivity contribution < 1.29 is 23.9 Å². The monoisotopic (exact) mass is 560 g/mol. The van der Waals surface area contributed by atoms with Crippen LogP contribution in [0.4, 0.5) is 4.79 Å². The summed E-state index contributed by atoms with van der Waals surface area (Å²) < 4.78 is 5.35. The lowest BCUT2D eigenvalue weighted by atomic mass is 9.97. The second-order valence-electron chi connectivity index (χ2n) is 11.6. The Morgan fingerprint density at radius 2 is 1.48 bits per heavy atom. The number of carbonyl (C=O) groups excluding carboxylic acids is 4. The van der Waals surface area contributed by atoms with Crippen molar-refractivity contribution in [1.82, 2.24) is 15.5 Å². The van der Waals surface area contributed by atoms with Crippen LogP contribution in [0.2, 0.25) is 0 Å². The highest BCUT2D eigenvalue weighted by molar-refractivity contribution is 5.94. The van der Waals surface area contributed by atoms with Crippen LogP contribution in [0.1, 0.15) is 115 Å². The number of alkyl carbamates (subject to hydrolysis) is 1. The van der Waals surface area contributed by atoms with Gasteiger partial charge >= 0.3 is 6.09 Å². The molecular weight excluding hydrogens is 508 g/mol. The zero-order valence-corrected chi connectivity index (χ0v) is 25.7. The minimum absolute atomic E-state index is 0.286. The zero-order valence-electron chi connectivity index (χ0n) is 25.7. The number of aryl methyl sites for hydroxylation is 2. The van der Waals surface area contributed by atoms with Gasteiger partial charge in [-0.15, -0.1) is 0 Å². The fourth-order valence-electron chi connectivity index (χ4n) is 4.63. The number of ether oxygens (including phenoxy) is 1. The van der Waals surface area contributed by atoms with E-state index >= 15 is 0 Å². The van der Waals surface area contributed by atoms with E-state index in [1.165, 1.54) is 4.90 Å². The van der Waals surface area contributed by atoms with Gasteiger partial charge in [0.2, 0.25) is 17.7 Å². The van der Waals surface area contributed by atoms with Crippen LogP contribution in [0.15, 0.2) is 18.2 Å². The number of carbonyl (C=O) groups is 4. The van der Waals surface area contributed by atoms with Crippen LogP contribution >= 0.6 is 0 Å². The first kappa shape index (κ1) is 34.9. The molecule has 0 heterocycles. The number of rotatable bonds is 17. The molecule has 226 valence electrons. The maximum atomic E-state index is 14.1. The fourth-order valence-corrected chi connectivity index (χ4v) is 4.63. The van der Waals surface area contributed by atoms with Crippen LogP contribution in [-0.4, -0.2) is 53.4 Å². The van der Waals surface area contributed by atoms with E-state index in [2.05, 4.69) is 24.5 Å². The average molecular weight is 561 g/mol. The van der Waals surface area contributed by atoms with Gasteiger partial charge in [0.25, 0.3) is 0 Å². The van der Waals surface area contributed by atoms with Crippen LogP contribution in [0.5, 0.6) is 0 Å². The summed E-state index contributed by atoms with van der Waals surface area (Å²) in [5, 5.41) is 5.55. The Labute approximate surface area is 241 Å².